The van der Waals surface area contributed by atoms with E-state index in [1.807, 2.05) is 42.0 Å². The van der Waals surface area contributed by atoms with Gasteiger partial charge >= 0.3 is 0 Å². The molecule has 0 aliphatic rings. The van der Waals surface area contributed by atoms with Crippen LogP contribution >= 0.6 is 0 Å². The van der Waals surface area contributed by atoms with Crippen molar-refractivity contribution < 1.29 is 17.9 Å². The van der Waals surface area contributed by atoms with Gasteiger partial charge in [0.1, 0.15) is 5.82 Å². The first kappa shape index (κ1) is 18.9. The number of aryl methyl sites for hydroxylation is 1. The molecule has 2 aromatic carbocycles. The SMILES string of the molecule is COc1ccc(S(=O)(=O)NCc2ccccc2-n2ccnc2C)cc1OC. The third-order valence-corrected chi connectivity index (χ3v) is 5.59. The van der Waals surface area contributed by atoms with Crippen molar-refractivity contribution in [3.8, 4) is 17.2 Å². The van der Waals surface area contributed by atoms with E-state index in [-0.39, 0.29) is 11.4 Å². The van der Waals surface area contributed by atoms with Crippen molar-refractivity contribution in [2.45, 2.75) is 18.4 Å². The van der Waals surface area contributed by atoms with Crippen molar-refractivity contribution >= 4 is 10.0 Å². The van der Waals surface area contributed by atoms with E-state index >= 15 is 0 Å². The van der Waals surface area contributed by atoms with Crippen LogP contribution in [-0.2, 0) is 16.6 Å². The molecule has 3 aromatic rings. The Bertz CT molecular complexity index is 1040. The molecule has 0 spiro atoms. The van der Waals surface area contributed by atoms with Crippen molar-refractivity contribution in [2.75, 3.05) is 14.2 Å². The van der Waals surface area contributed by atoms with Gasteiger partial charge in [-0.25, -0.2) is 18.1 Å². The van der Waals surface area contributed by atoms with Gasteiger partial charge in [0.2, 0.25) is 10.0 Å². The molecule has 0 radical (unpaired) electrons. The Labute approximate surface area is 158 Å². The summed E-state index contributed by atoms with van der Waals surface area (Å²) in [6, 6.07) is 12.1. The van der Waals surface area contributed by atoms with E-state index in [1.54, 1.807) is 12.3 Å². The molecule has 0 fully saturated rings. The highest BCUT2D eigenvalue weighted by atomic mass is 32.2. The largest absolute Gasteiger partial charge is 0.493 e. The molecule has 0 bridgehead atoms. The third kappa shape index (κ3) is 3.96. The van der Waals surface area contributed by atoms with Crippen LogP contribution in [0.15, 0.2) is 59.8 Å². The fourth-order valence-electron chi connectivity index (χ4n) is 2.77. The quantitative estimate of drug-likeness (QED) is 0.674. The normalized spacial score (nSPS) is 11.4. The number of nitrogens with one attached hydrogen (secondary N) is 1. The molecule has 1 aromatic heterocycles. The number of ether oxygens (including phenoxy) is 2. The first-order valence-corrected chi connectivity index (χ1v) is 9.74. The monoisotopic (exact) mass is 387 g/mol. The van der Waals surface area contributed by atoms with Crippen LogP contribution in [0.3, 0.4) is 0 Å². The second kappa shape index (κ2) is 7.81. The van der Waals surface area contributed by atoms with Crippen LogP contribution in [0, 0.1) is 6.92 Å². The highest BCUT2D eigenvalue weighted by Gasteiger charge is 2.18. The van der Waals surface area contributed by atoms with E-state index in [0.717, 1.165) is 17.1 Å². The van der Waals surface area contributed by atoms with E-state index in [2.05, 4.69) is 9.71 Å². The maximum absolute atomic E-state index is 12.7. The zero-order valence-electron chi connectivity index (χ0n) is 15.3. The van der Waals surface area contributed by atoms with Gasteiger partial charge < -0.3 is 14.0 Å². The number of rotatable bonds is 7. The Morgan fingerprint density at radius 2 is 1.81 bits per heavy atom. The maximum atomic E-state index is 12.7. The first-order chi connectivity index (χ1) is 13.0. The first-order valence-electron chi connectivity index (χ1n) is 8.26. The Balaban J connectivity index is 1.86. The average molecular weight is 387 g/mol. The number of benzene rings is 2. The minimum Gasteiger partial charge on any atom is -0.493 e. The lowest BCUT2D eigenvalue weighted by Gasteiger charge is -2.14. The fraction of sp³-hybridized carbons (Fsp3) is 0.211. The van der Waals surface area contributed by atoms with E-state index in [4.69, 9.17) is 9.47 Å². The number of para-hydroxylation sites is 1. The van der Waals surface area contributed by atoms with Gasteiger partial charge in [-0.15, -0.1) is 0 Å². The summed E-state index contributed by atoms with van der Waals surface area (Å²) in [5, 5.41) is 0. The van der Waals surface area contributed by atoms with Crippen molar-refractivity contribution in [1.82, 2.24) is 14.3 Å². The van der Waals surface area contributed by atoms with E-state index in [0.29, 0.717) is 11.5 Å². The van der Waals surface area contributed by atoms with Gasteiger partial charge in [-0.2, -0.15) is 0 Å². The second-order valence-electron chi connectivity index (χ2n) is 5.81. The lowest BCUT2D eigenvalue weighted by Crippen LogP contribution is -2.24. The summed E-state index contributed by atoms with van der Waals surface area (Å²) in [7, 11) is -0.759. The molecule has 1 N–H and O–H groups in total. The Morgan fingerprint density at radius 3 is 2.48 bits per heavy atom. The maximum Gasteiger partial charge on any atom is 0.241 e. The van der Waals surface area contributed by atoms with E-state index in [9.17, 15) is 8.42 Å². The van der Waals surface area contributed by atoms with Crippen LogP contribution in [0.25, 0.3) is 5.69 Å². The molecule has 7 nitrogen and oxygen atoms in total. The number of hydrogen-bond donors (Lipinski definition) is 1. The zero-order chi connectivity index (χ0) is 19.4. The number of imidazole rings is 1. The van der Waals surface area contributed by atoms with Crippen molar-refractivity contribution in [3.05, 3.63) is 66.2 Å². The topological polar surface area (TPSA) is 82.5 Å². The Morgan fingerprint density at radius 1 is 1.07 bits per heavy atom. The fourth-order valence-corrected chi connectivity index (χ4v) is 3.79. The van der Waals surface area contributed by atoms with Gasteiger partial charge in [0.25, 0.3) is 0 Å². The summed E-state index contributed by atoms with van der Waals surface area (Å²) in [5.41, 5.74) is 1.71. The molecular formula is C19H21N3O4S. The van der Waals surface area contributed by atoms with Crippen LogP contribution in [0.5, 0.6) is 11.5 Å². The van der Waals surface area contributed by atoms with Crippen molar-refractivity contribution in [3.63, 3.8) is 0 Å². The lowest BCUT2D eigenvalue weighted by molar-refractivity contribution is 0.354. The molecule has 0 aliphatic heterocycles. The molecule has 0 amide bonds. The minimum absolute atomic E-state index is 0.108. The molecule has 142 valence electrons. The second-order valence-corrected chi connectivity index (χ2v) is 7.58. The predicted octanol–water partition coefficient (Wildman–Crippen LogP) is 2.68. The molecule has 0 atom stereocenters. The molecule has 8 heteroatoms. The van der Waals surface area contributed by atoms with Crippen molar-refractivity contribution in [1.29, 1.82) is 0 Å². The van der Waals surface area contributed by atoms with Gasteiger partial charge in [-0.05, 0) is 30.7 Å². The molecule has 0 unspecified atom stereocenters. The molecule has 0 aliphatic carbocycles. The lowest BCUT2D eigenvalue weighted by atomic mass is 10.2. The van der Waals surface area contributed by atoms with Gasteiger partial charge in [-0.1, -0.05) is 18.2 Å². The number of methoxy groups -OCH3 is 2. The van der Waals surface area contributed by atoms with Crippen LogP contribution < -0.4 is 14.2 Å². The van der Waals surface area contributed by atoms with Gasteiger partial charge in [-0.3, -0.25) is 0 Å². The number of sulfonamides is 1. The molecule has 0 saturated heterocycles. The molecule has 0 saturated carbocycles. The van der Waals surface area contributed by atoms with Crippen LogP contribution in [-0.4, -0.2) is 32.2 Å². The zero-order valence-corrected chi connectivity index (χ0v) is 16.2. The highest BCUT2D eigenvalue weighted by molar-refractivity contribution is 7.89. The molecule has 27 heavy (non-hydrogen) atoms. The summed E-state index contributed by atoms with van der Waals surface area (Å²) in [4.78, 5) is 4.33. The van der Waals surface area contributed by atoms with Crippen LogP contribution in [0.1, 0.15) is 11.4 Å². The number of nitrogens with zero attached hydrogens (tertiary/aromatic N) is 2. The predicted molar refractivity (Wildman–Crippen MR) is 102 cm³/mol. The van der Waals surface area contributed by atoms with Gasteiger partial charge in [0.15, 0.2) is 11.5 Å². The minimum atomic E-state index is -3.72. The van der Waals surface area contributed by atoms with Crippen LogP contribution in [0.2, 0.25) is 0 Å². The summed E-state index contributed by atoms with van der Waals surface area (Å²) in [6.45, 7) is 2.04. The standard InChI is InChI=1S/C19H21N3O4S/c1-14-20-10-11-22(14)17-7-5-4-6-15(17)13-21-27(23,24)16-8-9-18(25-2)19(12-16)26-3/h4-12,21H,13H2,1-3H3. The summed E-state index contributed by atoms with van der Waals surface area (Å²) in [5.74, 6) is 1.65. The molecule has 1 heterocycles. The summed E-state index contributed by atoms with van der Waals surface area (Å²) >= 11 is 0. The average Bonchev–Trinajstić information content (AvgIpc) is 3.11. The van der Waals surface area contributed by atoms with E-state index in [1.165, 1.54) is 26.4 Å². The smallest absolute Gasteiger partial charge is 0.241 e. The van der Waals surface area contributed by atoms with E-state index < -0.39 is 10.0 Å². The van der Waals surface area contributed by atoms with Crippen LogP contribution in [0.4, 0.5) is 0 Å². The number of aromatic nitrogens is 2. The highest BCUT2D eigenvalue weighted by Crippen LogP contribution is 2.29. The molecule has 3 rings (SSSR count). The summed E-state index contributed by atoms with van der Waals surface area (Å²) < 4.78 is 40.3. The Hall–Kier alpha value is -2.84. The summed E-state index contributed by atoms with van der Waals surface area (Å²) in [6.07, 6.45) is 3.55. The van der Waals surface area contributed by atoms with Gasteiger partial charge in [0, 0.05) is 25.0 Å². The van der Waals surface area contributed by atoms with Gasteiger partial charge in [0.05, 0.1) is 24.8 Å². The third-order valence-electron chi connectivity index (χ3n) is 4.19. The Kier molecular flexibility index (Phi) is 5.48. The molecular weight excluding hydrogens is 366 g/mol. The number of hydrogen-bond acceptors (Lipinski definition) is 5. The van der Waals surface area contributed by atoms with Crippen molar-refractivity contribution in [2.24, 2.45) is 0 Å².